The van der Waals surface area contributed by atoms with Gasteiger partial charge in [0.1, 0.15) is 0 Å². The quantitative estimate of drug-likeness (QED) is 0.295. The number of hydrogen-bond acceptors (Lipinski definition) is 2. The zero-order chi connectivity index (χ0) is 25.9. The van der Waals surface area contributed by atoms with Crippen molar-refractivity contribution >= 4 is 17.6 Å². The summed E-state index contributed by atoms with van der Waals surface area (Å²) in [7, 11) is 0. The molecule has 178 valence electrons. The van der Waals surface area contributed by atoms with Crippen LogP contribution in [-0.4, -0.2) is 23.5 Å². The van der Waals surface area contributed by atoms with Crippen molar-refractivity contribution in [2.45, 2.75) is 61.3 Å². The van der Waals surface area contributed by atoms with Crippen molar-refractivity contribution in [1.82, 2.24) is 0 Å². The van der Waals surface area contributed by atoms with E-state index in [0.29, 0.717) is 23.3 Å². The maximum absolute atomic E-state index is 11.9. The Kier molecular flexibility index (Phi) is 20.7. The van der Waals surface area contributed by atoms with Crippen LogP contribution in [0.25, 0.3) is 0 Å². The maximum atomic E-state index is 11.9. The Hall–Kier alpha value is -3.14. The van der Waals surface area contributed by atoms with E-state index >= 15 is 0 Å². The SMILES string of the molecule is C=C1CN(c2ccc(C(C)C(=O)O)cc2)C(=O)C1=C.C=CC=C.CC.CC.CC=C(C)C. The van der Waals surface area contributed by atoms with Crippen molar-refractivity contribution in [3.8, 4) is 0 Å². The van der Waals surface area contributed by atoms with Crippen LogP contribution in [0, 0.1) is 0 Å². The molecule has 1 aliphatic heterocycles. The summed E-state index contributed by atoms with van der Waals surface area (Å²) in [6.45, 7) is 30.5. The second kappa shape index (κ2) is 19.8. The molecule has 1 fully saturated rings. The summed E-state index contributed by atoms with van der Waals surface area (Å²) in [6.07, 6.45) is 5.36. The molecule has 0 spiro atoms. The molecule has 1 unspecified atom stereocenters. The third kappa shape index (κ3) is 12.5. The minimum atomic E-state index is -0.869. The lowest BCUT2D eigenvalue weighted by molar-refractivity contribution is -0.138. The van der Waals surface area contributed by atoms with Gasteiger partial charge >= 0.3 is 5.97 Å². The highest BCUT2D eigenvalue weighted by Crippen LogP contribution is 2.28. The molecule has 0 saturated carbocycles. The first-order chi connectivity index (χ1) is 15.1. The summed E-state index contributed by atoms with van der Waals surface area (Å²) < 4.78 is 0. The van der Waals surface area contributed by atoms with Crippen molar-refractivity contribution in [2.24, 2.45) is 0 Å². The fourth-order valence-electron chi connectivity index (χ4n) is 1.97. The Balaban J connectivity index is -0.000000540. The van der Waals surface area contributed by atoms with Crippen molar-refractivity contribution in [3.63, 3.8) is 0 Å². The molecule has 0 radical (unpaired) electrons. The summed E-state index contributed by atoms with van der Waals surface area (Å²) in [6, 6.07) is 6.95. The molecule has 2 rings (SSSR count). The first-order valence-electron chi connectivity index (χ1n) is 10.9. The van der Waals surface area contributed by atoms with Crippen LogP contribution in [0.4, 0.5) is 5.69 Å². The number of carbonyl (C=O) groups is 2. The highest BCUT2D eigenvalue weighted by Gasteiger charge is 2.28. The Morgan fingerprint density at radius 2 is 1.44 bits per heavy atom. The van der Waals surface area contributed by atoms with Crippen LogP contribution in [0.5, 0.6) is 0 Å². The molecule has 0 aromatic heterocycles. The number of carbonyl (C=O) groups excluding carboxylic acids is 1. The number of carboxylic acids is 1. The lowest BCUT2D eigenvalue weighted by Crippen LogP contribution is -2.24. The van der Waals surface area contributed by atoms with E-state index in [1.165, 1.54) is 5.57 Å². The van der Waals surface area contributed by atoms with Crippen LogP contribution >= 0.6 is 0 Å². The molecular weight excluding hydrogens is 398 g/mol. The Labute approximate surface area is 196 Å². The van der Waals surface area contributed by atoms with Gasteiger partial charge in [0.05, 0.1) is 12.5 Å². The Morgan fingerprint density at radius 1 is 1.03 bits per heavy atom. The number of benzene rings is 1. The number of aliphatic carboxylic acids is 1. The van der Waals surface area contributed by atoms with Crippen LogP contribution in [0.3, 0.4) is 0 Å². The maximum Gasteiger partial charge on any atom is 0.310 e. The average molecular weight is 442 g/mol. The van der Waals surface area contributed by atoms with E-state index in [0.717, 1.165) is 5.69 Å². The predicted octanol–water partition coefficient (Wildman–Crippen LogP) is 7.72. The van der Waals surface area contributed by atoms with E-state index in [9.17, 15) is 9.59 Å². The highest BCUT2D eigenvalue weighted by molar-refractivity contribution is 6.12. The van der Waals surface area contributed by atoms with Gasteiger partial charge < -0.3 is 10.0 Å². The van der Waals surface area contributed by atoms with Crippen molar-refractivity contribution < 1.29 is 14.7 Å². The fraction of sp³-hybridized carbons (Fsp3) is 0.357. The normalized spacial score (nSPS) is 12.1. The lowest BCUT2D eigenvalue weighted by atomic mass is 10.0. The molecule has 4 heteroatoms. The van der Waals surface area contributed by atoms with E-state index in [-0.39, 0.29) is 5.91 Å². The van der Waals surface area contributed by atoms with Gasteiger partial charge in [-0.15, -0.1) is 0 Å². The Bertz CT molecular complexity index is 760. The number of allylic oxidation sites excluding steroid dienone is 4. The van der Waals surface area contributed by atoms with E-state index in [2.05, 4.69) is 46.2 Å². The van der Waals surface area contributed by atoms with Gasteiger partial charge in [-0.25, -0.2) is 0 Å². The van der Waals surface area contributed by atoms with E-state index in [1.54, 1.807) is 48.2 Å². The molecule has 1 aromatic rings. The minimum absolute atomic E-state index is 0.149. The summed E-state index contributed by atoms with van der Waals surface area (Å²) >= 11 is 0. The van der Waals surface area contributed by atoms with Crippen molar-refractivity contribution in [1.29, 1.82) is 0 Å². The molecule has 1 aliphatic rings. The van der Waals surface area contributed by atoms with Crippen molar-refractivity contribution in [2.75, 3.05) is 11.4 Å². The van der Waals surface area contributed by atoms with E-state index < -0.39 is 11.9 Å². The van der Waals surface area contributed by atoms with Gasteiger partial charge in [-0.3, -0.25) is 9.59 Å². The summed E-state index contributed by atoms with van der Waals surface area (Å²) in [5.41, 5.74) is 3.97. The molecule has 1 atom stereocenters. The number of hydrogen-bond donors (Lipinski definition) is 1. The molecule has 1 N–H and O–H groups in total. The second-order valence-corrected chi connectivity index (χ2v) is 6.46. The van der Waals surface area contributed by atoms with Gasteiger partial charge in [0.2, 0.25) is 0 Å². The number of carboxylic acid groups (broad SMARTS) is 1. The lowest BCUT2D eigenvalue weighted by Gasteiger charge is -2.16. The molecule has 1 amide bonds. The Morgan fingerprint density at radius 3 is 1.69 bits per heavy atom. The minimum Gasteiger partial charge on any atom is -0.481 e. The van der Waals surface area contributed by atoms with E-state index in [1.807, 2.05) is 34.6 Å². The summed E-state index contributed by atoms with van der Waals surface area (Å²) in [5.74, 6) is -1.58. The molecule has 1 heterocycles. The topological polar surface area (TPSA) is 57.6 Å². The standard InChI is InChI=1S/C15H15NO3.C5H10.C4H6.2C2H6/c1-9-8-16(14(17)10(9)2)13-6-4-12(5-7-13)11(3)15(18)19;1-4-5(2)3;1-3-4-2;2*1-2/h4-7,11H,1-2,8H2,3H3,(H,18,19);4H,1-3H3;3-4H,1-2H2;2*1-2H3. The number of rotatable bonds is 4. The molecule has 1 aromatic carbocycles. The molecule has 1 saturated heterocycles. The van der Waals surface area contributed by atoms with Crippen LogP contribution in [0.2, 0.25) is 0 Å². The molecule has 32 heavy (non-hydrogen) atoms. The van der Waals surface area contributed by atoms with Gasteiger partial charge in [0, 0.05) is 11.3 Å². The van der Waals surface area contributed by atoms with Crippen LogP contribution in [-0.2, 0) is 9.59 Å². The van der Waals surface area contributed by atoms with Gasteiger partial charge in [-0.1, -0.05) is 89.9 Å². The fourth-order valence-corrected chi connectivity index (χ4v) is 1.97. The number of amides is 1. The van der Waals surface area contributed by atoms with Gasteiger partial charge in [0.15, 0.2) is 0 Å². The van der Waals surface area contributed by atoms with Crippen molar-refractivity contribution in [3.05, 3.63) is 91.1 Å². The second-order valence-electron chi connectivity index (χ2n) is 6.46. The van der Waals surface area contributed by atoms with E-state index in [4.69, 9.17) is 5.11 Å². The molecule has 4 nitrogen and oxygen atoms in total. The largest absolute Gasteiger partial charge is 0.481 e. The summed E-state index contributed by atoms with van der Waals surface area (Å²) in [4.78, 5) is 24.4. The molecular formula is C28H43NO3. The highest BCUT2D eigenvalue weighted by atomic mass is 16.4. The average Bonchev–Trinajstić information content (AvgIpc) is 3.08. The number of anilines is 1. The zero-order valence-corrected chi connectivity index (χ0v) is 21.4. The van der Waals surface area contributed by atoms with Crippen LogP contribution in [0.1, 0.15) is 66.9 Å². The monoisotopic (exact) mass is 441 g/mol. The summed E-state index contributed by atoms with van der Waals surface area (Å²) in [5, 5.41) is 8.94. The zero-order valence-electron chi connectivity index (χ0n) is 21.4. The first-order valence-corrected chi connectivity index (χ1v) is 10.9. The van der Waals surface area contributed by atoms with Gasteiger partial charge in [-0.2, -0.15) is 0 Å². The number of nitrogens with zero attached hydrogens (tertiary/aromatic N) is 1. The van der Waals surface area contributed by atoms with Crippen LogP contribution < -0.4 is 4.90 Å². The third-order valence-electron chi connectivity index (χ3n) is 4.10. The molecule has 0 bridgehead atoms. The van der Waals surface area contributed by atoms with Gasteiger partial charge in [0.25, 0.3) is 5.91 Å². The van der Waals surface area contributed by atoms with Gasteiger partial charge in [-0.05, 0) is 51.0 Å². The first kappa shape index (κ1) is 33.5. The third-order valence-corrected chi connectivity index (χ3v) is 4.10. The van der Waals surface area contributed by atoms with Crippen LogP contribution in [0.15, 0.2) is 85.5 Å². The smallest absolute Gasteiger partial charge is 0.310 e. The molecule has 0 aliphatic carbocycles. The predicted molar refractivity (Wildman–Crippen MR) is 141 cm³/mol.